The number of aliphatic carboxylic acids is 1. The van der Waals surface area contributed by atoms with Crippen molar-refractivity contribution < 1.29 is 24.2 Å². The fraction of sp³-hybridized carbons (Fsp3) is 0.571. The molecule has 0 unspecified atom stereocenters. The van der Waals surface area contributed by atoms with Gasteiger partial charge in [-0.3, -0.25) is 9.63 Å². The molecule has 0 radical (unpaired) electrons. The summed E-state index contributed by atoms with van der Waals surface area (Å²) in [4.78, 5) is 16.2. The van der Waals surface area contributed by atoms with Gasteiger partial charge in [-0.05, 0) is 30.7 Å². The minimum Gasteiger partial charge on any atom is -0.481 e. The molecule has 3 fully saturated rings. The second kappa shape index (κ2) is 8.52. The molecule has 6 nitrogen and oxygen atoms in total. The molecule has 0 amide bonds. The molecule has 3 saturated heterocycles. The van der Waals surface area contributed by atoms with E-state index in [1.807, 2.05) is 30.3 Å². The molecule has 0 aliphatic carbocycles. The van der Waals surface area contributed by atoms with Crippen LogP contribution in [-0.4, -0.2) is 42.0 Å². The molecular weight excluding hydrogens is 346 g/mol. The number of carboxylic acid groups (broad SMARTS) is 1. The van der Waals surface area contributed by atoms with Crippen molar-refractivity contribution >= 4 is 5.97 Å². The Morgan fingerprint density at radius 3 is 2.59 bits per heavy atom. The van der Waals surface area contributed by atoms with Gasteiger partial charge in [-0.1, -0.05) is 42.5 Å². The summed E-state index contributed by atoms with van der Waals surface area (Å²) in [7, 11) is 0. The molecule has 0 saturated carbocycles. The van der Waals surface area contributed by atoms with Crippen LogP contribution in [0.15, 0.2) is 42.5 Å². The van der Waals surface area contributed by atoms with Gasteiger partial charge in [0, 0.05) is 18.9 Å². The zero-order valence-corrected chi connectivity index (χ0v) is 15.3. The van der Waals surface area contributed by atoms with E-state index in [1.54, 1.807) is 0 Å². The molecule has 0 aromatic heterocycles. The molecule has 3 aliphatic heterocycles. The first kappa shape index (κ1) is 18.6. The highest BCUT2D eigenvalue weighted by atomic mass is 16.7. The zero-order chi connectivity index (χ0) is 18.6. The van der Waals surface area contributed by atoms with Gasteiger partial charge >= 0.3 is 5.97 Å². The van der Waals surface area contributed by atoms with E-state index in [0.717, 1.165) is 24.9 Å². The van der Waals surface area contributed by atoms with Crippen molar-refractivity contribution in [1.82, 2.24) is 5.48 Å². The van der Waals surface area contributed by atoms with Crippen molar-refractivity contribution in [2.45, 2.75) is 56.7 Å². The van der Waals surface area contributed by atoms with Gasteiger partial charge in [-0.2, -0.15) is 0 Å². The number of hydrogen-bond donors (Lipinski definition) is 2. The van der Waals surface area contributed by atoms with Crippen molar-refractivity contribution in [3.05, 3.63) is 48.0 Å². The first-order valence-electron chi connectivity index (χ1n) is 9.80. The van der Waals surface area contributed by atoms with Gasteiger partial charge in [0.1, 0.15) is 12.2 Å². The molecule has 146 valence electrons. The standard InChI is InChI=1S/C21H27NO5/c23-17(24)11-7-2-1-6-10-15-16(19-21-20(27-21)18(15)26-19)12-22-25-13-14-8-4-3-5-9-14/h1,3-6,8-9,15-16,18-22H,2,7,10-13H2,(H,23,24)/b6-1-/t15-,16+,18+,19-,20-,21+/m0/s1. The molecule has 1 aromatic rings. The highest BCUT2D eigenvalue weighted by Gasteiger charge is 2.68. The topological polar surface area (TPSA) is 80.3 Å². The maximum atomic E-state index is 10.6. The van der Waals surface area contributed by atoms with Crippen molar-refractivity contribution in [3.63, 3.8) is 0 Å². The normalized spacial score (nSPS) is 33.5. The third-order valence-electron chi connectivity index (χ3n) is 5.76. The number of hydrogen-bond acceptors (Lipinski definition) is 5. The smallest absolute Gasteiger partial charge is 0.303 e. The Labute approximate surface area is 159 Å². The van der Waals surface area contributed by atoms with Crippen molar-refractivity contribution in [2.75, 3.05) is 6.54 Å². The number of rotatable bonds is 11. The summed E-state index contributed by atoms with van der Waals surface area (Å²) in [5.74, 6) is 0.0592. The average Bonchev–Trinajstić information content (AvgIpc) is 3.30. The first-order chi connectivity index (χ1) is 13.2. The van der Waals surface area contributed by atoms with Crippen LogP contribution in [0.3, 0.4) is 0 Å². The van der Waals surface area contributed by atoms with E-state index in [-0.39, 0.29) is 30.8 Å². The van der Waals surface area contributed by atoms with Crippen LogP contribution in [-0.2, 0) is 25.7 Å². The maximum Gasteiger partial charge on any atom is 0.303 e. The first-order valence-corrected chi connectivity index (χ1v) is 9.80. The minimum absolute atomic E-state index is 0.165. The van der Waals surface area contributed by atoms with E-state index in [9.17, 15) is 4.79 Å². The highest BCUT2D eigenvalue weighted by Crippen LogP contribution is 2.54. The average molecular weight is 373 g/mol. The predicted molar refractivity (Wildman–Crippen MR) is 98.8 cm³/mol. The Kier molecular flexibility index (Phi) is 5.88. The van der Waals surface area contributed by atoms with E-state index in [1.165, 1.54) is 0 Å². The fourth-order valence-corrected chi connectivity index (χ4v) is 4.36. The van der Waals surface area contributed by atoms with Crippen LogP contribution in [0.4, 0.5) is 0 Å². The summed E-state index contributed by atoms with van der Waals surface area (Å²) in [6.07, 6.45) is 7.82. The Hall–Kier alpha value is -1.73. The number of ether oxygens (including phenoxy) is 2. The van der Waals surface area contributed by atoms with Crippen LogP contribution < -0.4 is 5.48 Å². The molecule has 3 heterocycles. The van der Waals surface area contributed by atoms with E-state index in [0.29, 0.717) is 24.9 Å². The lowest BCUT2D eigenvalue weighted by molar-refractivity contribution is -0.137. The van der Waals surface area contributed by atoms with Crippen molar-refractivity contribution in [1.29, 1.82) is 0 Å². The zero-order valence-electron chi connectivity index (χ0n) is 15.3. The number of hydroxylamine groups is 1. The quantitative estimate of drug-likeness (QED) is 0.269. The predicted octanol–water partition coefficient (Wildman–Crippen LogP) is 2.69. The fourth-order valence-electron chi connectivity index (χ4n) is 4.36. The summed E-state index contributed by atoms with van der Waals surface area (Å²) in [5, 5.41) is 8.68. The molecule has 4 rings (SSSR count). The highest BCUT2D eigenvalue weighted by molar-refractivity contribution is 5.66. The van der Waals surface area contributed by atoms with E-state index >= 15 is 0 Å². The number of allylic oxidation sites excluding steroid dienone is 2. The summed E-state index contributed by atoms with van der Waals surface area (Å²) in [6, 6.07) is 10.1. The van der Waals surface area contributed by atoms with Crippen LogP contribution in [0.2, 0.25) is 0 Å². The number of unbranched alkanes of at least 4 members (excludes halogenated alkanes) is 1. The molecule has 3 aliphatic rings. The van der Waals surface area contributed by atoms with E-state index in [4.69, 9.17) is 19.4 Å². The van der Waals surface area contributed by atoms with Crippen molar-refractivity contribution in [2.24, 2.45) is 11.8 Å². The number of carboxylic acids is 1. The molecule has 6 atom stereocenters. The maximum absolute atomic E-state index is 10.6. The van der Waals surface area contributed by atoms with E-state index in [2.05, 4.69) is 17.6 Å². The Balaban J connectivity index is 1.23. The lowest BCUT2D eigenvalue weighted by Gasteiger charge is -2.25. The molecule has 2 bridgehead atoms. The Bertz CT molecular complexity index is 664. The van der Waals surface area contributed by atoms with Gasteiger partial charge in [-0.25, -0.2) is 5.48 Å². The lowest BCUT2D eigenvalue weighted by atomic mass is 9.77. The molecule has 6 heteroatoms. The van der Waals surface area contributed by atoms with Crippen LogP contribution in [0.1, 0.15) is 31.2 Å². The molecular formula is C21H27NO5. The Morgan fingerprint density at radius 1 is 1.07 bits per heavy atom. The number of carbonyl (C=O) groups is 1. The van der Waals surface area contributed by atoms with Crippen LogP contribution in [0.5, 0.6) is 0 Å². The summed E-state index contributed by atoms with van der Waals surface area (Å²) < 4.78 is 11.9. The summed E-state index contributed by atoms with van der Waals surface area (Å²) in [6.45, 7) is 1.29. The van der Waals surface area contributed by atoms with Crippen LogP contribution >= 0.6 is 0 Å². The SMILES string of the molecule is O=C(O)CCC/C=C\C[C@H]1[C@@H](CNOCc2ccccc2)[C@@H]2O[C@H]1[C@@H]1O[C@@H]12. The van der Waals surface area contributed by atoms with Gasteiger partial charge < -0.3 is 14.6 Å². The second-order valence-corrected chi connectivity index (χ2v) is 7.57. The van der Waals surface area contributed by atoms with Crippen molar-refractivity contribution in [3.8, 4) is 0 Å². The number of fused-ring (bicyclic) bond motifs is 5. The third-order valence-corrected chi connectivity index (χ3v) is 5.76. The minimum atomic E-state index is -0.733. The molecule has 0 spiro atoms. The van der Waals surface area contributed by atoms with Gasteiger partial charge in [-0.15, -0.1) is 0 Å². The van der Waals surface area contributed by atoms with E-state index < -0.39 is 5.97 Å². The van der Waals surface area contributed by atoms with Crippen LogP contribution in [0, 0.1) is 11.8 Å². The molecule has 27 heavy (non-hydrogen) atoms. The third kappa shape index (κ3) is 4.41. The monoisotopic (exact) mass is 373 g/mol. The lowest BCUT2D eigenvalue weighted by Crippen LogP contribution is -2.39. The second-order valence-electron chi connectivity index (χ2n) is 7.57. The Morgan fingerprint density at radius 2 is 1.81 bits per heavy atom. The van der Waals surface area contributed by atoms with Gasteiger partial charge in [0.25, 0.3) is 0 Å². The molecule has 2 N–H and O–H groups in total. The molecule has 1 aromatic carbocycles. The number of benzene rings is 1. The largest absolute Gasteiger partial charge is 0.481 e. The number of nitrogens with one attached hydrogen (secondary N) is 1. The van der Waals surface area contributed by atoms with Crippen LogP contribution in [0.25, 0.3) is 0 Å². The summed E-state index contributed by atoms with van der Waals surface area (Å²) >= 11 is 0. The van der Waals surface area contributed by atoms with Gasteiger partial charge in [0.15, 0.2) is 0 Å². The van der Waals surface area contributed by atoms with Gasteiger partial charge in [0.05, 0.1) is 18.8 Å². The number of epoxide rings is 1. The van der Waals surface area contributed by atoms with Gasteiger partial charge in [0.2, 0.25) is 0 Å². The summed E-state index contributed by atoms with van der Waals surface area (Å²) in [5.41, 5.74) is 4.27.